The molecule has 1 aromatic rings. The molecule has 1 N–H and O–H groups in total. The van der Waals surface area contributed by atoms with Crippen molar-refractivity contribution in [1.29, 1.82) is 0 Å². The molecule has 0 bridgehead atoms. The van der Waals surface area contributed by atoms with Crippen LogP contribution in [0.2, 0.25) is 0 Å². The van der Waals surface area contributed by atoms with Gasteiger partial charge in [0.05, 0.1) is 25.3 Å². The first-order valence-corrected chi connectivity index (χ1v) is 10.5. The van der Waals surface area contributed by atoms with Gasteiger partial charge in [-0.2, -0.15) is 0 Å². The fraction of sp³-hybridized carbons (Fsp3) is 0.474. The lowest BCUT2D eigenvalue weighted by Crippen LogP contribution is -2.46. The van der Waals surface area contributed by atoms with Crippen LogP contribution in [0.5, 0.6) is 0 Å². The third-order valence-corrected chi connectivity index (χ3v) is 7.18. The molecule has 3 aliphatic rings. The molecule has 3 aliphatic heterocycles. The average Bonchev–Trinajstić information content (AvgIpc) is 3.15. The van der Waals surface area contributed by atoms with Gasteiger partial charge < -0.3 is 10.1 Å². The minimum Gasteiger partial charge on any atom is -0.378 e. The third kappa shape index (κ3) is 3.29. The zero-order valence-corrected chi connectivity index (χ0v) is 16.9. The number of thiophene rings is 1. The van der Waals surface area contributed by atoms with Crippen LogP contribution in [0.15, 0.2) is 28.1 Å². The SMILES string of the molecule is CC=CC=C1SC(c2c(NC(C)=O)sc3c2CN(C2COC2)C3)=NC1C. The quantitative estimate of drug-likeness (QED) is 0.852. The average molecular weight is 390 g/mol. The van der Waals surface area contributed by atoms with Gasteiger partial charge in [0.2, 0.25) is 5.91 Å². The molecular formula is C19H23N3O2S2. The lowest BCUT2D eigenvalue weighted by atomic mass is 10.1. The molecule has 138 valence electrons. The van der Waals surface area contributed by atoms with Crippen LogP contribution < -0.4 is 5.32 Å². The van der Waals surface area contributed by atoms with E-state index in [4.69, 9.17) is 9.73 Å². The number of anilines is 1. The van der Waals surface area contributed by atoms with E-state index in [-0.39, 0.29) is 11.9 Å². The summed E-state index contributed by atoms with van der Waals surface area (Å²) in [5, 5.41) is 5.00. The predicted molar refractivity (Wildman–Crippen MR) is 109 cm³/mol. The van der Waals surface area contributed by atoms with Gasteiger partial charge in [-0.3, -0.25) is 14.7 Å². The minimum atomic E-state index is -0.0308. The molecule has 1 amide bonds. The van der Waals surface area contributed by atoms with Crippen LogP contribution in [0.25, 0.3) is 0 Å². The van der Waals surface area contributed by atoms with Crippen molar-refractivity contribution in [3.05, 3.63) is 39.1 Å². The summed E-state index contributed by atoms with van der Waals surface area (Å²) in [7, 11) is 0. The van der Waals surface area contributed by atoms with Gasteiger partial charge in [0.25, 0.3) is 0 Å². The number of rotatable bonds is 4. The number of nitrogens with one attached hydrogen (secondary N) is 1. The molecule has 26 heavy (non-hydrogen) atoms. The van der Waals surface area contributed by atoms with Crippen molar-refractivity contribution >= 4 is 39.1 Å². The number of carbonyl (C=O) groups excluding carboxylic acids is 1. The van der Waals surface area contributed by atoms with Crippen molar-refractivity contribution in [2.45, 2.75) is 45.9 Å². The Morgan fingerprint density at radius 1 is 1.38 bits per heavy atom. The summed E-state index contributed by atoms with van der Waals surface area (Å²) in [4.78, 5) is 21.7. The van der Waals surface area contributed by atoms with Crippen LogP contribution in [0.3, 0.4) is 0 Å². The summed E-state index contributed by atoms with van der Waals surface area (Å²) in [6.45, 7) is 9.21. The molecule has 1 atom stereocenters. The molecule has 4 rings (SSSR count). The number of hydrogen-bond donors (Lipinski definition) is 1. The highest BCUT2D eigenvalue weighted by atomic mass is 32.2. The molecule has 0 aliphatic carbocycles. The largest absolute Gasteiger partial charge is 0.378 e. The second-order valence-electron chi connectivity index (χ2n) is 6.79. The first-order valence-electron chi connectivity index (χ1n) is 8.89. The number of fused-ring (bicyclic) bond motifs is 1. The first-order chi connectivity index (χ1) is 12.6. The van der Waals surface area contributed by atoms with Gasteiger partial charge in [0.15, 0.2) is 0 Å². The van der Waals surface area contributed by atoms with Gasteiger partial charge in [0.1, 0.15) is 10.0 Å². The summed E-state index contributed by atoms with van der Waals surface area (Å²) in [5.74, 6) is -0.0308. The number of aliphatic imine (C=N–C) groups is 1. The number of thioether (sulfide) groups is 1. The van der Waals surface area contributed by atoms with E-state index in [1.807, 2.05) is 13.0 Å². The zero-order valence-electron chi connectivity index (χ0n) is 15.2. The highest BCUT2D eigenvalue weighted by molar-refractivity contribution is 8.18. The van der Waals surface area contributed by atoms with Gasteiger partial charge in [0, 0.05) is 35.4 Å². The number of amides is 1. The van der Waals surface area contributed by atoms with E-state index in [1.54, 1.807) is 30.0 Å². The standard InChI is InChI=1S/C19H23N3O2S2/c1-4-5-6-15-11(2)20-18(25-15)17-14-7-22(13-9-24-10-13)8-16(14)26-19(17)21-12(3)23/h4-6,11,13H,7-10H2,1-3H3,(H,21,23). The highest BCUT2D eigenvalue weighted by Crippen LogP contribution is 2.45. The number of hydrogen-bond acceptors (Lipinski definition) is 6. The molecule has 1 fully saturated rings. The molecular weight excluding hydrogens is 366 g/mol. The van der Waals surface area contributed by atoms with E-state index < -0.39 is 0 Å². The molecule has 1 aromatic heterocycles. The lowest BCUT2D eigenvalue weighted by Gasteiger charge is -2.34. The van der Waals surface area contributed by atoms with E-state index in [0.29, 0.717) is 6.04 Å². The summed E-state index contributed by atoms with van der Waals surface area (Å²) in [5.41, 5.74) is 2.46. The Labute approximate surface area is 162 Å². The van der Waals surface area contributed by atoms with Crippen LogP contribution in [-0.2, 0) is 22.6 Å². The maximum atomic E-state index is 11.7. The Bertz CT molecular complexity index is 821. The summed E-state index contributed by atoms with van der Waals surface area (Å²) in [6, 6.07) is 0.679. The fourth-order valence-corrected chi connectivity index (χ4v) is 5.84. The second kappa shape index (κ2) is 7.31. The second-order valence-corrected chi connectivity index (χ2v) is 8.96. The zero-order chi connectivity index (χ0) is 18.3. The van der Waals surface area contributed by atoms with E-state index in [1.165, 1.54) is 15.3 Å². The van der Waals surface area contributed by atoms with Crippen LogP contribution in [0, 0.1) is 0 Å². The van der Waals surface area contributed by atoms with E-state index >= 15 is 0 Å². The summed E-state index contributed by atoms with van der Waals surface area (Å²) in [6.07, 6.45) is 6.22. The molecule has 0 aromatic carbocycles. The molecule has 1 saturated heterocycles. The molecule has 0 spiro atoms. The predicted octanol–water partition coefficient (Wildman–Crippen LogP) is 3.76. The molecule has 0 radical (unpaired) electrons. The maximum Gasteiger partial charge on any atom is 0.221 e. The van der Waals surface area contributed by atoms with Crippen molar-refractivity contribution in [3.8, 4) is 0 Å². The Morgan fingerprint density at radius 3 is 2.85 bits per heavy atom. The Morgan fingerprint density at radius 2 is 2.19 bits per heavy atom. The van der Waals surface area contributed by atoms with Crippen molar-refractivity contribution in [3.63, 3.8) is 0 Å². The Kier molecular flexibility index (Phi) is 5.05. The Hall–Kier alpha value is -1.41. The summed E-state index contributed by atoms with van der Waals surface area (Å²) >= 11 is 3.42. The van der Waals surface area contributed by atoms with Crippen molar-refractivity contribution < 1.29 is 9.53 Å². The number of allylic oxidation sites excluding steroid dienone is 3. The monoisotopic (exact) mass is 389 g/mol. The van der Waals surface area contributed by atoms with Crippen molar-refractivity contribution in [1.82, 2.24) is 4.90 Å². The third-order valence-electron chi connectivity index (χ3n) is 4.83. The number of ether oxygens (including phenoxy) is 1. The molecule has 1 unspecified atom stereocenters. The van der Waals surface area contributed by atoms with Crippen molar-refractivity contribution in [2.24, 2.45) is 4.99 Å². The topological polar surface area (TPSA) is 53.9 Å². The van der Waals surface area contributed by atoms with Gasteiger partial charge in [-0.1, -0.05) is 30.0 Å². The van der Waals surface area contributed by atoms with Crippen molar-refractivity contribution in [2.75, 3.05) is 18.5 Å². The molecule has 0 saturated carbocycles. The lowest BCUT2D eigenvalue weighted by molar-refractivity contribution is -0.114. The van der Waals surface area contributed by atoms with Gasteiger partial charge in [-0.15, -0.1) is 11.3 Å². The van der Waals surface area contributed by atoms with Crippen LogP contribution >= 0.6 is 23.1 Å². The number of nitrogens with zero attached hydrogens (tertiary/aromatic N) is 2. The number of carbonyl (C=O) groups is 1. The highest BCUT2D eigenvalue weighted by Gasteiger charge is 2.37. The molecule has 5 nitrogen and oxygen atoms in total. The smallest absolute Gasteiger partial charge is 0.221 e. The van der Waals surface area contributed by atoms with E-state index in [2.05, 4.69) is 29.3 Å². The minimum absolute atomic E-state index is 0.0308. The maximum absolute atomic E-state index is 11.7. The van der Waals surface area contributed by atoms with E-state index in [0.717, 1.165) is 41.9 Å². The molecule has 4 heterocycles. The van der Waals surface area contributed by atoms with Crippen LogP contribution in [0.1, 0.15) is 36.8 Å². The normalized spacial score (nSPS) is 25.0. The molecule has 7 heteroatoms. The van der Waals surface area contributed by atoms with Crippen LogP contribution in [0.4, 0.5) is 5.00 Å². The van der Waals surface area contributed by atoms with Gasteiger partial charge >= 0.3 is 0 Å². The van der Waals surface area contributed by atoms with Gasteiger partial charge in [-0.25, -0.2) is 0 Å². The Balaban J connectivity index is 1.66. The van der Waals surface area contributed by atoms with Crippen LogP contribution in [-0.4, -0.2) is 41.1 Å². The fourth-order valence-electron chi connectivity index (χ4n) is 3.36. The first kappa shape index (κ1) is 18.0. The van der Waals surface area contributed by atoms with Gasteiger partial charge in [-0.05, 0) is 19.4 Å². The van der Waals surface area contributed by atoms with E-state index in [9.17, 15) is 4.79 Å². The summed E-state index contributed by atoms with van der Waals surface area (Å²) < 4.78 is 5.36.